The zero-order chi connectivity index (χ0) is 18.6. The topological polar surface area (TPSA) is 75.4 Å². The number of benzene rings is 2. The van der Waals surface area contributed by atoms with Crippen LogP contribution in [-0.4, -0.2) is 25.4 Å². The number of rotatable bonds is 6. The third-order valence-electron chi connectivity index (χ3n) is 3.74. The first-order valence-corrected chi connectivity index (χ1v) is 8.50. The number of nitrogens with zero attached hydrogens (tertiary/aromatic N) is 1. The number of nitrogens with two attached hydrogens (primary N) is 1. The van der Waals surface area contributed by atoms with Crippen molar-refractivity contribution in [1.82, 2.24) is 0 Å². The Kier molecular flexibility index (Phi) is 6.14. The SMILES string of the molecule is CCc1ccccc1NC(=O)CN(C)c1cc(Br)cc(F)c1C(N)=O. The fourth-order valence-electron chi connectivity index (χ4n) is 2.55. The fraction of sp³-hybridized carbons (Fsp3) is 0.222. The Balaban J connectivity index is 2.21. The molecule has 0 radical (unpaired) electrons. The smallest absolute Gasteiger partial charge is 0.253 e. The Hall–Kier alpha value is -2.41. The first kappa shape index (κ1) is 18.9. The summed E-state index contributed by atoms with van der Waals surface area (Å²) in [5.74, 6) is -1.90. The van der Waals surface area contributed by atoms with E-state index in [0.29, 0.717) is 4.47 Å². The van der Waals surface area contributed by atoms with Gasteiger partial charge in [-0.2, -0.15) is 0 Å². The third kappa shape index (κ3) is 4.57. The Bertz CT molecular complexity index is 811. The predicted octanol–water partition coefficient (Wildman–Crippen LogP) is 3.32. The second kappa shape index (κ2) is 8.11. The van der Waals surface area contributed by atoms with Crippen LogP contribution in [0.2, 0.25) is 0 Å². The van der Waals surface area contributed by atoms with Crippen LogP contribution in [0.25, 0.3) is 0 Å². The summed E-state index contributed by atoms with van der Waals surface area (Å²) in [4.78, 5) is 25.4. The molecule has 0 unspecified atom stereocenters. The number of amides is 2. The maximum Gasteiger partial charge on any atom is 0.253 e. The first-order valence-electron chi connectivity index (χ1n) is 7.71. The van der Waals surface area contributed by atoms with Gasteiger partial charge >= 0.3 is 0 Å². The Labute approximate surface area is 154 Å². The molecule has 2 aromatic rings. The van der Waals surface area contributed by atoms with E-state index >= 15 is 0 Å². The van der Waals surface area contributed by atoms with E-state index in [2.05, 4.69) is 21.2 Å². The number of carbonyl (C=O) groups excluding carboxylic acids is 2. The molecule has 0 saturated carbocycles. The van der Waals surface area contributed by atoms with E-state index in [1.807, 2.05) is 31.2 Å². The molecule has 0 heterocycles. The summed E-state index contributed by atoms with van der Waals surface area (Å²) in [6.07, 6.45) is 0.787. The quantitative estimate of drug-likeness (QED) is 0.770. The van der Waals surface area contributed by atoms with Crippen LogP contribution in [0.1, 0.15) is 22.8 Å². The highest BCUT2D eigenvalue weighted by Crippen LogP contribution is 2.27. The number of aryl methyl sites for hydroxylation is 1. The van der Waals surface area contributed by atoms with E-state index in [1.165, 1.54) is 4.90 Å². The van der Waals surface area contributed by atoms with Gasteiger partial charge in [-0.05, 0) is 30.2 Å². The molecule has 0 aliphatic rings. The van der Waals surface area contributed by atoms with Crippen LogP contribution in [0.5, 0.6) is 0 Å². The minimum absolute atomic E-state index is 0.0613. The Morgan fingerprint density at radius 2 is 1.96 bits per heavy atom. The van der Waals surface area contributed by atoms with Gasteiger partial charge in [-0.3, -0.25) is 9.59 Å². The molecule has 2 rings (SSSR count). The van der Waals surface area contributed by atoms with E-state index in [-0.39, 0.29) is 23.7 Å². The van der Waals surface area contributed by atoms with Crippen LogP contribution in [0.15, 0.2) is 40.9 Å². The van der Waals surface area contributed by atoms with E-state index in [0.717, 1.165) is 23.7 Å². The van der Waals surface area contributed by atoms with Crippen LogP contribution >= 0.6 is 15.9 Å². The third-order valence-corrected chi connectivity index (χ3v) is 4.20. The molecule has 2 amide bonds. The maximum absolute atomic E-state index is 14.0. The largest absolute Gasteiger partial charge is 0.365 e. The molecule has 0 aromatic heterocycles. The summed E-state index contributed by atoms with van der Waals surface area (Å²) in [6, 6.07) is 10.2. The Morgan fingerprint density at radius 1 is 1.28 bits per heavy atom. The molecular formula is C18H19BrFN3O2. The number of carbonyl (C=O) groups is 2. The average molecular weight is 408 g/mol. The number of halogens is 2. The van der Waals surface area contributed by atoms with Gasteiger partial charge in [-0.1, -0.05) is 41.1 Å². The minimum Gasteiger partial charge on any atom is -0.365 e. The van der Waals surface area contributed by atoms with Gasteiger partial charge in [0.2, 0.25) is 5.91 Å². The van der Waals surface area contributed by atoms with Gasteiger partial charge in [0.05, 0.1) is 17.8 Å². The fourth-order valence-corrected chi connectivity index (χ4v) is 2.96. The molecule has 2 aromatic carbocycles. The van der Waals surface area contributed by atoms with Gasteiger partial charge in [0.1, 0.15) is 5.82 Å². The number of nitrogens with one attached hydrogen (secondary N) is 1. The molecule has 0 spiro atoms. The molecule has 0 fully saturated rings. The summed E-state index contributed by atoms with van der Waals surface area (Å²) in [6.45, 7) is 1.94. The lowest BCUT2D eigenvalue weighted by Gasteiger charge is -2.22. The van der Waals surface area contributed by atoms with E-state index in [9.17, 15) is 14.0 Å². The number of hydrogen-bond donors (Lipinski definition) is 2. The molecule has 0 saturated heterocycles. The van der Waals surface area contributed by atoms with E-state index in [4.69, 9.17) is 5.73 Å². The second-order valence-electron chi connectivity index (χ2n) is 5.56. The predicted molar refractivity (Wildman–Crippen MR) is 100 cm³/mol. The Morgan fingerprint density at radius 3 is 2.60 bits per heavy atom. The van der Waals surface area contributed by atoms with Crippen LogP contribution in [-0.2, 0) is 11.2 Å². The molecule has 0 aliphatic carbocycles. The molecule has 0 aliphatic heterocycles. The monoisotopic (exact) mass is 407 g/mol. The summed E-state index contributed by atoms with van der Waals surface area (Å²) in [5.41, 5.74) is 7.03. The molecule has 5 nitrogen and oxygen atoms in total. The molecule has 132 valence electrons. The summed E-state index contributed by atoms with van der Waals surface area (Å²) < 4.78 is 14.5. The lowest BCUT2D eigenvalue weighted by atomic mass is 10.1. The number of para-hydroxylation sites is 1. The van der Waals surface area contributed by atoms with Crippen molar-refractivity contribution >= 4 is 39.1 Å². The van der Waals surface area contributed by atoms with Crippen LogP contribution in [0.3, 0.4) is 0 Å². The molecule has 0 atom stereocenters. The minimum atomic E-state index is -0.886. The molecule has 7 heteroatoms. The molecular weight excluding hydrogens is 389 g/mol. The average Bonchev–Trinajstić information content (AvgIpc) is 2.53. The normalized spacial score (nSPS) is 10.4. The number of primary amides is 1. The summed E-state index contributed by atoms with van der Waals surface area (Å²) in [7, 11) is 1.60. The van der Waals surface area contributed by atoms with Crippen molar-refractivity contribution in [1.29, 1.82) is 0 Å². The van der Waals surface area contributed by atoms with Crippen molar-refractivity contribution in [3.63, 3.8) is 0 Å². The first-order chi connectivity index (χ1) is 11.8. The number of hydrogen-bond acceptors (Lipinski definition) is 3. The van der Waals surface area contributed by atoms with Crippen LogP contribution < -0.4 is 16.0 Å². The van der Waals surface area contributed by atoms with Crippen molar-refractivity contribution in [3.05, 3.63) is 57.8 Å². The van der Waals surface area contributed by atoms with Crippen LogP contribution in [0, 0.1) is 5.82 Å². The lowest BCUT2D eigenvalue weighted by Crippen LogP contribution is -2.32. The summed E-state index contributed by atoms with van der Waals surface area (Å²) in [5, 5.41) is 2.84. The van der Waals surface area contributed by atoms with Gasteiger partial charge in [-0.15, -0.1) is 0 Å². The molecule has 25 heavy (non-hydrogen) atoms. The highest BCUT2D eigenvalue weighted by molar-refractivity contribution is 9.10. The highest BCUT2D eigenvalue weighted by atomic mass is 79.9. The van der Waals surface area contributed by atoms with Crippen molar-refractivity contribution in [3.8, 4) is 0 Å². The van der Waals surface area contributed by atoms with Crippen molar-refractivity contribution in [2.45, 2.75) is 13.3 Å². The maximum atomic E-state index is 14.0. The number of likely N-dealkylation sites (N-methyl/N-ethyl adjacent to an activating group) is 1. The van der Waals surface area contributed by atoms with E-state index < -0.39 is 11.7 Å². The number of anilines is 2. The highest BCUT2D eigenvalue weighted by Gasteiger charge is 2.20. The van der Waals surface area contributed by atoms with Gasteiger partial charge < -0.3 is 16.0 Å². The zero-order valence-electron chi connectivity index (χ0n) is 14.0. The standard InChI is InChI=1S/C18H19BrFN3O2/c1-3-11-6-4-5-7-14(11)22-16(24)10-23(2)15-9-12(19)8-13(20)17(15)18(21)25/h4-9H,3,10H2,1-2H3,(H2,21,25)(H,22,24). The van der Waals surface area contributed by atoms with Crippen molar-refractivity contribution < 1.29 is 14.0 Å². The summed E-state index contributed by atoms with van der Waals surface area (Å²) >= 11 is 3.18. The van der Waals surface area contributed by atoms with Gasteiger partial charge in [0.15, 0.2) is 0 Å². The van der Waals surface area contributed by atoms with Crippen LogP contribution in [0.4, 0.5) is 15.8 Å². The van der Waals surface area contributed by atoms with E-state index in [1.54, 1.807) is 13.1 Å². The van der Waals surface area contributed by atoms with Gasteiger partial charge in [-0.25, -0.2) is 4.39 Å². The second-order valence-corrected chi connectivity index (χ2v) is 6.48. The molecule has 0 bridgehead atoms. The van der Waals surface area contributed by atoms with Crippen molar-refractivity contribution in [2.24, 2.45) is 5.73 Å². The zero-order valence-corrected chi connectivity index (χ0v) is 15.6. The van der Waals surface area contributed by atoms with Gasteiger partial charge in [0, 0.05) is 17.2 Å². The molecule has 3 N–H and O–H groups in total. The lowest BCUT2D eigenvalue weighted by molar-refractivity contribution is -0.114. The van der Waals surface area contributed by atoms with Crippen molar-refractivity contribution in [2.75, 3.05) is 23.8 Å². The van der Waals surface area contributed by atoms with Gasteiger partial charge in [0.25, 0.3) is 5.91 Å².